The van der Waals surface area contributed by atoms with Crippen LogP contribution in [0.15, 0.2) is 24.5 Å². The molecule has 0 unspecified atom stereocenters. The molecular formula is C17H23N5O2. The molecule has 0 aromatic carbocycles. The van der Waals surface area contributed by atoms with Gasteiger partial charge in [0, 0.05) is 24.3 Å². The van der Waals surface area contributed by atoms with Crippen LogP contribution in [0.4, 0.5) is 0 Å². The number of aromatic nitrogens is 3. The number of H-pyrrole nitrogens is 1. The summed E-state index contributed by atoms with van der Waals surface area (Å²) in [7, 11) is 1.96. The minimum absolute atomic E-state index is 0.134. The molecule has 7 nitrogen and oxygen atoms in total. The second-order valence-electron chi connectivity index (χ2n) is 6.36. The number of hydrogen-bond donors (Lipinski definition) is 1. The van der Waals surface area contributed by atoms with Gasteiger partial charge in [0.05, 0.1) is 25.0 Å². The highest BCUT2D eigenvalue weighted by molar-refractivity contribution is 5.79. The summed E-state index contributed by atoms with van der Waals surface area (Å²) < 4.78 is 5.71. The molecular weight excluding hydrogens is 306 g/mol. The number of nitrogens with one attached hydrogen (secondary N) is 1. The highest BCUT2D eigenvalue weighted by Gasteiger charge is 2.28. The highest BCUT2D eigenvalue weighted by Crippen LogP contribution is 2.25. The smallest absolute Gasteiger partial charge is 0.237 e. The molecule has 3 rings (SSSR count). The standard InChI is InChI=1S/C17H23N5O2/c1-12(2)21(3)10-17(23)22-8-14-15(9-22)19-20-16(14)11-24-13-5-4-6-18-7-13/h4-7,12H,8-11H2,1-3H3,(H,19,20). The van der Waals surface area contributed by atoms with Gasteiger partial charge in [-0.3, -0.25) is 19.8 Å². The van der Waals surface area contributed by atoms with Crippen LogP contribution in [-0.4, -0.2) is 50.5 Å². The van der Waals surface area contributed by atoms with Crippen molar-refractivity contribution in [2.24, 2.45) is 0 Å². The number of pyridine rings is 1. The number of nitrogens with zero attached hydrogens (tertiary/aromatic N) is 4. The third kappa shape index (κ3) is 3.56. The molecule has 0 spiro atoms. The molecule has 0 fully saturated rings. The van der Waals surface area contributed by atoms with E-state index in [-0.39, 0.29) is 5.91 Å². The Labute approximate surface area is 141 Å². The normalized spacial score (nSPS) is 13.6. The quantitative estimate of drug-likeness (QED) is 0.871. The van der Waals surface area contributed by atoms with E-state index in [0.717, 1.165) is 17.0 Å². The van der Waals surface area contributed by atoms with Gasteiger partial charge in [0.25, 0.3) is 0 Å². The Hall–Kier alpha value is -2.41. The first kappa shape index (κ1) is 16.4. The van der Waals surface area contributed by atoms with E-state index in [2.05, 4.69) is 29.0 Å². The molecule has 24 heavy (non-hydrogen) atoms. The molecule has 128 valence electrons. The molecule has 3 heterocycles. The van der Waals surface area contributed by atoms with Crippen LogP contribution in [0.25, 0.3) is 0 Å². The number of carbonyl (C=O) groups excluding carboxylic acids is 1. The zero-order valence-electron chi connectivity index (χ0n) is 14.3. The predicted molar refractivity (Wildman–Crippen MR) is 89.2 cm³/mol. The number of ether oxygens (including phenoxy) is 1. The lowest BCUT2D eigenvalue weighted by molar-refractivity contribution is -0.133. The lowest BCUT2D eigenvalue weighted by Crippen LogP contribution is -2.39. The minimum Gasteiger partial charge on any atom is -0.486 e. The summed E-state index contributed by atoms with van der Waals surface area (Å²) in [5.74, 6) is 0.841. The molecule has 1 aliphatic rings. The molecule has 1 aliphatic heterocycles. The van der Waals surface area contributed by atoms with Gasteiger partial charge in [-0.05, 0) is 33.0 Å². The van der Waals surface area contributed by atoms with E-state index in [1.54, 1.807) is 12.4 Å². The van der Waals surface area contributed by atoms with Gasteiger partial charge in [0.2, 0.25) is 5.91 Å². The first-order valence-corrected chi connectivity index (χ1v) is 8.10. The monoisotopic (exact) mass is 329 g/mol. The Bertz CT molecular complexity index is 698. The molecule has 0 radical (unpaired) electrons. The van der Waals surface area contributed by atoms with Crippen LogP contribution in [0, 0.1) is 0 Å². The Balaban J connectivity index is 1.60. The van der Waals surface area contributed by atoms with E-state index in [1.807, 2.05) is 29.0 Å². The van der Waals surface area contributed by atoms with E-state index in [4.69, 9.17) is 4.74 Å². The van der Waals surface area contributed by atoms with E-state index >= 15 is 0 Å². The first-order valence-electron chi connectivity index (χ1n) is 8.10. The lowest BCUT2D eigenvalue weighted by Gasteiger charge is -2.24. The van der Waals surface area contributed by atoms with Gasteiger partial charge >= 0.3 is 0 Å². The molecule has 0 atom stereocenters. The zero-order valence-corrected chi connectivity index (χ0v) is 14.3. The fourth-order valence-corrected chi connectivity index (χ4v) is 2.58. The van der Waals surface area contributed by atoms with Crippen LogP contribution in [0.1, 0.15) is 30.8 Å². The third-order valence-corrected chi connectivity index (χ3v) is 4.37. The number of carbonyl (C=O) groups is 1. The van der Waals surface area contributed by atoms with Crippen LogP contribution in [-0.2, 0) is 24.5 Å². The van der Waals surface area contributed by atoms with E-state index in [1.165, 1.54) is 0 Å². The minimum atomic E-state index is 0.134. The summed E-state index contributed by atoms with van der Waals surface area (Å²) in [6.45, 7) is 6.12. The largest absolute Gasteiger partial charge is 0.486 e. The zero-order chi connectivity index (χ0) is 17.1. The molecule has 1 amide bonds. The fraction of sp³-hybridized carbons (Fsp3) is 0.471. The molecule has 0 saturated heterocycles. The summed E-state index contributed by atoms with van der Waals surface area (Å²) in [5, 5.41) is 7.35. The number of rotatable bonds is 6. The maximum absolute atomic E-state index is 12.4. The summed E-state index contributed by atoms with van der Waals surface area (Å²) in [5.41, 5.74) is 2.92. The molecule has 2 aromatic rings. The summed E-state index contributed by atoms with van der Waals surface area (Å²) in [4.78, 5) is 20.3. The van der Waals surface area contributed by atoms with Gasteiger partial charge in [-0.25, -0.2) is 0 Å². The first-order chi connectivity index (χ1) is 11.5. The van der Waals surface area contributed by atoms with Crippen molar-refractivity contribution >= 4 is 5.91 Å². The van der Waals surface area contributed by atoms with Crippen molar-refractivity contribution < 1.29 is 9.53 Å². The van der Waals surface area contributed by atoms with E-state index < -0.39 is 0 Å². The number of likely N-dealkylation sites (N-methyl/N-ethyl adjacent to an activating group) is 1. The van der Waals surface area contributed by atoms with Gasteiger partial charge in [-0.15, -0.1) is 0 Å². The lowest BCUT2D eigenvalue weighted by atomic mass is 10.2. The third-order valence-electron chi connectivity index (χ3n) is 4.37. The van der Waals surface area contributed by atoms with Crippen LogP contribution in [0.3, 0.4) is 0 Å². The highest BCUT2D eigenvalue weighted by atomic mass is 16.5. The number of fused-ring (bicyclic) bond motifs is 1. The predicted octanol–water partition coefficient (Wildman–Crippen LogP) is 1.57. The van der Waals surface area contributed by atoms with Gasteiger partial charge in [0.15, 0.2) is 0 Å². The maximum atomic E-state index is 12.4. The average Bonchev–Trinajstić information content (AvgIpc) is 3.14. The Morgan fingerprint density at radius 1 is 1.46 bits per heavy atom. The van der Waals surface area contributed by atoms with Gasteiger partial charge in [-0.2, -0.15) is 5.10 Å². The second kappa shape index (κ2) is 7.00. The molecule has 0 saturated carbocycles. The second-order valence-corrected chi connectivity index (χ2v) is 6.36. The average molecular weight is 329 g/mol. The van der Waals surface area contributed by atoms with Crippen molar-refractivity contribution in [3.05, 3.63) is 41.5 Å². The topological polar surface area (TPSA) is 74.4 Å². The summed E-state index contributed by atoms with van der Waals surface area (Å²) in [6, 6.07) is 4.03. The Morgan fingerprint density at radius 2 is 2.29 bits per heavy atom. The van der Waals surface area contributed by atoms with Crippen LogP contribution < -0.4 is 4.74 Å². The summed E-state index contributed by atoms with van der Waals surface area (Å²) >= 11 is 0. The number of aromatic amines is 1. The van der Waals surface area contributed by atoms with Crippen molar-refractivity contribution in [1.82, 2.24) is 25.0 Å². The molecule has 0 aliphatic carbocycles. The van der Waals surface area contributed by atoms with E-state index in [9.17, 15) is 4.79 Å². The van der Waals surface area contributed by atoms with Crippen LogP contribution in [0.5, 0.6) is 5.75 Å². The van der Waals surface area contributed by atoms with Crippen molar-refractivity contribution in [2.45, 2.75) is 39.6 Å². The molecule has 7 heteroatoms. The summed E-state index contributed by atoms with van der Waals surface area (Å²) in [6.07, 6.45) is 3.38. The van der Waals surface area contributed by atoms with E-state index in [0.29, 0.717) is 38.0 Å². The molecule has 2 aromatic heterocycles. The fourth-order valence-electron chi connectivity index (χ4n) is 2.58. The van der Waals surface area contributed by atoms with Gasteiger partial charge in [0.1, 0.15) is 18.1 Å². The number of hydrogen-bond acceptors (Lipinski definition) is 5. The number of amides is 1. The van der Waals surface area contributed by atoms with Crippen molar-refractivity contribution in [3.63, 3.8) is 0 Å². The molecule has 0 bridgehead atoms. The van der Waals surface area contributed by atoms with Crippen LogP contribution in [0.2, 0.25) is 0 Å². The van der Waals surface area contributed by atoms with Crippen molar-refractivity contribution in [3.8, 4) is 5.75 Å². The van der Waals surface area contributed by atoms with Crippen LogP contribution >= 0.6 is 0 Å². The Kier molecular flexibility index (Phi) is 4.80. The molecule has 1 N–H and O–H groups in total. The van der Waals surface area contributed by atoms with Crippen molar-refractivity contribution in [2.75, 3.05) is 13.6 Å². The SMILES string of the molecule is CC(C)N(C)CC(=O)N1Cc2[nH]nc(COc3cccnc3)c2C1. The van der Waals surface area contributed by atoms with Crippen molar-refractivity contribution in [1.29, 1.82) is 0 Å². The maximum Gasteiger partial charge on any atom is 0.237 e. The Morgan fingerprint density at radius 3 is 3.00 bits per heavy atom. The van der Waals surface area contributed by atoms with Gasteiger partial charge < -0.3 is 9.64 Å². The van der Waals surface area contributed by atoms with Gasteiger partial charge in [-0.1, -0.05) is 0 Å².